The summed E-state index contributed by atoms with van der Waals surface area (Å²) >= 11 is 0. The van der Waals surface area contributed by atoms with E-state index in [-0.39, 0.29) is 23.6 Å². The van der Waals surface area contributed by atoms with Crippen LogP contribution in [0, 0.1) is 0 Å². The van der Waals surface area contributed by atoms with Gasteiger partial charge in [0.25, 0.3) is 0 Å². The second-order valence-electron chi connectivity index (χ2n) is 7.91. The molecule has 4 aromatic rings. The molecular weight excluding hydrogens is 440 g/mol. The molecule has 0 fully saturated rings. The summed E-state index contributed by atoms with van der Waals surface area (Å²) in [7, 11) is -2.05. The van der Waals surface area contributed by atoms with E-state index in [1.807, 2.05) is 48.5 Å². The maximum Gasteiger partial charge on any atom is 0.312 e. The van der Waals surface area contributed by atoms with E-state index in [2.05, 4.69) is 4.98 Å². The smallest absolute Gasteiger partial charge is 0.312 e. The van der Waals surface area contributed by atoms with Crippen LogP contribution in [0.2, 0.25) is 0 Å². The number of hydrogen-bond donors (Lipinski definition) is 1. The van der Waals surface area contributed by atoms with Crippen LogP contribution in [-0.2, 0) is 34.7 Å². The number of fused-ring (bicyclic) bond motifs is 1. The van der Waals surface area contributed by atoms with Crippen molar-refractivity contribution >= 4 is 26.7 Å². The predicted molar refractivity (Wildman–Crippen MR) is 125 cm³/mol. The first-order valence-electron chi connectivity index (χ1n) is 10.4. The molecule has 1 unspecified atom stereocenters. The Hall–Kier alpha value is -3.65. The van der Waals surface area contributed by atoms with E-state index in [0.717, 1.165) is 17.5 Å². The fourth-order valence-electron chi connectivity index (χ4n) is 4.07. The van der Waals surface area contributed by atoms with Gasteiger partial charge < -0.3 is 14.4 Å². The summed E-state index contributed by atoms with van der Waals surface area (Å²) in [4.78, 5) is 16.5. The highest BCUT2D eigenvalue weighted by atomic mass is 32.2. The van der Waals surface area contributed by atoms with Gasteiger partial charge in [0.2, 0.25) is 0 Å². The van der Waals surface area contributed by atoms with E-state index in [0.29, 0.717) is 16.7 Å². The second kappa shape index (κ2) is 9.07. The van der Waals surface area contributed by atoms with E-state index in [1.165, 1.54) is 0 Å². The van der Waals surface area contributed by atoms with Crippen molar-refractivity contribution in [1.29, 1.82) is 0 Å². The lowest BCUT2D eigenvalue weighted by atomic mass is 9.96. The fraction of sp³-hybridized carbons (Fsp3) is 0.200. The molecular formula is C25H24N2O5S. The number of aryl methyl sites for hydroxylation is 1. The number of pyridine rings is 1. The standard InChI is InChI=1S/C25H24N2O5S/c1-27-22-12-11-19(32-16-18-10-6-7-13-26-18)15-20(22)24(33(2,30)31)23(27)21(25(28)29)14-17-8-4-3-5-9-17/h3-13,15,21H,14,16H2,1-2H3,(H,28,29). The number of hydrogen-bond acceptors (Lipinski definition) is 5. The molecule has 7 nitrogen and oxygen atoms in total. The third-order valence-corrected chi connectivity index (χ3v) is 6.73. The van der Waals surface area contributed by atoms with Crippen molar-refractivity contribution in [2.45, 2.75) is 23.8 Å². The van der Waals surface area contributed by atoms with Gasteiger partial charge in [-0.2, -0.15) is 0 Å². The van der Waals surface area contributed by atoms with Gasteiger partial charge in [-0.15, -0.1) is 0 Å². The first-order valence-corrected chi connectivity index (χ1v) is 12.3. The van der Waals surface area contributed by atoms with Crippen LogP contribution in [0.15, 0.2) is 77.8 Å². The predicted octanol–water partition coefficient (Wildman–Crippen LogP) is 3.97. The van der Waals surface area contributed by atoms with Crippen molar-refractivity contribution in [1.82, 2.24) is 9.55 Å². The molecule has 2 heterocycles. The summed E-state index contributed by atoms with van der Waals surface area (Å²) in [6.07, 6.45) is 2.95. The first kappa shape index (κ1) is 22.5. The van der Waals surface area contributed by atoms with Crippen LogP contribution in [0.25, 0.3) is 10.9 Å². The molecule has 1 N–H and O–H groups in total. The summed E-state index contributed by atoms with van der Waals surface area (Å²) in [5, 5.41) is 10.5. The summed E-state index contributed by atoms with van der Waals surface area (Å²) < 4.78 is 33.3. The number of nitrogens with zero attached hydrogens (tertiary/aromatic N) is 2. The van der Waals surface area contributed by atoms with Gasteiger partial charge in [-0.3, -0.25) is 9.78 Å². The van der Waals surface area contributed by atoms with Gasteiger partial charge in [0.1, 0.15) is 18.3 Å². The van der Waals surface area contributed by atoms with Gasteiger partial charge in [0, 0.05) is 30.4 Å². The molecule has 8 heteroatoms. The van der Waals surface area contributed by atoms with Gasteiger partial charge >= 0.3 is 5.97 Å². The fourth-order valence-corrected chi connectivity index (χ4v) is 5.29. The van der Waals surface area contributed by atoms with Gasteiger partial charge in [0.15, 0.2) is 9.84 Å². The van der Waals surface area contributed by atoms with Crippen LogP contribution in [0.3, 0.4) is 0 Å². The maximum atomic E-state index is 12.9. The van der Waals surface area contributed by atoms with Gasteiger partial charge in [-0.1, -0.05) is 36.4 Å². The van der Waals surface area contributed by atoms with Crippen molar-refractivity contribution in [3.05, 3.63) is 89.9 Å². The summed E-state index contributed by atoms with van der Waals surface area (Å²) in [6, 6.07) is 19.8. The molecule has 0 spiro atoms. The number of carbonyl (C=O) groups is 1. The van der Waals surface area contributed by atoms with E-state index >= 15 is 0 Å². The lowest BCUT2D eigenvalue weighted by Crippen LogP contribution is -2.20. The van der Waals surface area contributed by atoms with E-state index < -0.39 is 21.7 Å². The number of carboxylic acids is 1. The van der Waals surface area contributed by atoms with Crippen molar-refractivity contribution in [3.8, 4) is 5.75 Å². The highest BCUT2D eigenvalue weighted by Gasteiger charge is 2.32. The molecule has 0 aliphatic carbocycles. The maximum absolute atomic E-state index is 12.9. The Labute approximate surface area is 192 Å². The molecule has 2 aromatic heterocycles. The lowest BCUT2D eigenvalue weighted by molar-refractivity contribution is -0.139. The van der Waals surface area contributed by atoms with Crippen LogP contribution in [0.5, 0.6) is 5.75 Å². The lowest BCUT2D eigenvalue weighted by Gasteiger charge is -2.16. The van der Waals surface area contributed by atoms with Gasteiger partial charge in [0.05, 0.1) is 16.3 Å². The number of rotatable bonds is 8. The Morgan fingerprint density at radius 3 is 2.45 bits per heavy atom. The minimum Gasteiger partial charge on any atom is -0.487 e. The van der Waals surface area contributed by atoms with Crippen LogP contribution in [0.4, 0.5) is 0 Å². The minimum atomic E-state index is -3.75. The molecule has 0 radical (unpaired) electrons. The molecule has 0 saturated carbocycles. The van der Waals surface area contributed by atoms with Crippen molar-refractivity contribution in [3.63, 3.8) is 0 Å². The van der Waals surface area contributed by atoms with Gasteiger partial charge in [-0.05, 0) is 42.3 Å². The Balaban J connectivity index is 1.81. The average molecular weight is 465 g/mol. The zero-order valence-corrected chi connectivity index (χ0v) is 19.1. The topological polar surface area (TPSA) is 98.5 Å². The van der Waals surface area contributed by atoms with E-state index in [9.17, 15) is 18.3 Å². The van der Waals surface area contributed by atoms with Crippen LogP contribution in [0.1, 0.15) is 22.9 Å². The second-order valence-corrected chi connectivity index (χ2v) is 9.87. The van der Waals surface area contributed by atoms with Crippen LogP contribution < -0.4 is 4.74 Å². The Bertz CT molecular complexity index is 1400. The van der Waals surface area contributed by atoms with Crippen molar-refractivity contribution in [2.75, 3.05) is 6.26 Å². The Morgan fingerprint density at radius 1 is 1.09 bits per heavy atom. The number of aromatic nitrogens is 2. The highest BCUT2D eigenvalue weighted by molar-refractivity contribution is 7.91. The number of aliphatic carboxylic acids is 1. The van der Waals surface area contributed by atoms with Gasteiger partial charge in [-0.25, -0.2) is 8.42 Å². The molecule has 170 valence electrons. The summed E-state index contributed by atoms with van der Waals surface area (Å²) in [6.45, 7) is 0.228. The third kappa shape index (κ3) is 4.75. The zero-order valence-electron chi connectivity index (χ0n) is 18.3. The molecule has 0 aliphatic rings. The number of ether oxygens (including phenoxy) is 1. The minimum absolute atomic E-state index is 0.0200. The number of carboxylic acid groups (broad SMARTS) is 1. The highest BCUT2D eigenvalue weighted by Crippen LogP contribution is 2.37. The third-order valence-electron chi connectivity index (χ3n) is 5.56. The quantitative estimate of drug-likeness (QED) is 0.424. The number of benzene rings is 2. The number of sulfone groups is 1. The Kier molecular flexibility index (Phi) is 6.20. The first-order chi connectivity index (χ1) is 15.8. The van der Waals surface area contributed by atoms with E-state index in [1.54, 1.807) is 36.0 Å². The zero-order chi connectivity index (χ0) is 23.6. The monoisotopic (exact) mass is 464 g/mol. The van der Waals surface area contributed by atoms with Crippen LogP contribution >= 0.6 is 0 Å². The van der Waals surface area contributed by atoms with Crippen molar-refractivity contribution in [2.24, 2.45) is 7.05 Å². The molecule has 0 aliphatic heterocycles. The Morgan fingerprint density at radius 2 is 1.82 bits per heavy atom. The summed E-state index contributed by atoms with van der Waals surface area (Å²) in [5.74, 6) is -1.64. The molecule has 0 saturated heterocycles. The molecule has 2 aromatic carbocycles. The molecule has 1 atom stereocenters. The largest absolute Gasteiger partial charge is 0.487 e. The average Bonchev–Trinajstić information content (AvgIpc) is 3.09. The van der Waals surface area contributed by atoms with Crippen LogP contribution in [-0.4, -0.2) is 35.3 Å². The normalized spacial score (nSPS) is 12.5. The van der Waals surface area contributed by atoms with E-state index in [4.69, 9.17) is 4.74 Å². The molecule has 0 amide bonds. The molecule has 0 bridgehead atoms. The summed E-state index contributed by atoms with van der Waals surface area (Å²) in [5.41, 5.74) is 2.43. The molecule has 4 rings (SSSR count). The molecule has 33 heavy (non-hydrogen) atoms. The SMILES string of the molecule is Cn1c(C(Cc2ccccc2)C(=O)O)c(S(C)(=O)=O)c2cc(OCc3ccccn3)ccc21. The van der Waals surface area contributed by atoms with Crippen molar-refractivity contribution < 1.29 is 23.1 Å².